The Bertz CT molecular complexity index is 1110. The second-order valence-corrected chi connectivity index (χ2v) is 8.46. The van der Waals surface area contributed by atoms with Crippen molar-refractivity contribution in [2.24, 2.45) is 7.05 Å². The van der Waals surface area contributed by atoms with Gasteiger partial charge in [0.15, 0.2) is 5.65 Å². The lowest BCUT2D eigenvalue weighted by molar-refractivity contribution is 0.105. The van der Waals surface area contributed by atoms with Crippen LogP contribution in [0.15, 0.2) is 72.9 Å². The van der Waals surface area contributed by atoms with E-state index in [9.17, 15) is 0 Å². The van der Waals surface area contributed by atoms with Gasteiger partial charge in [-0.25, -0.2) is 4.98 Å². The Labute approximate surface area is 183 Å². The van der Waals surface area contributed by atoms with E-state index in [4.69, 9.17) is 0 Å². The highest BCUT2D eigenvalue weighted by Crippen LogP contribution is 2.29. The molecule has 0 spiro atoms. The first-order valence-corrected chi connectivity index (χ1v) is 11.0. The zero-order valence-electron chi connectivity index (χ0n) is 18.3. The molecule has 0 N–H and O–H groups in total. The average molecular weight is 412 g/mol. The van der Waals surface area contributed by atoms with E-state index < -0.39 is 0 Å². The number of aromatic nitrogens is 3. The third kappa shape index (κ3) is 4.11. The molecule has 0 radical (unpaired) electrons. The molecule has 0 amide bonds. The van der Waals surface area contributed by atoms with E-state index in [0.717, 1.165) is 49.5 Å². The van der Waals surface area contributed by atoms with E-state index >= 15 is 0 Å². The van der Waals surface area contributed by atoms with Crippen molar-refractivity contribution in [2.45, 2.75) is 19.5 Å². The first-order valence-electron chi connectivity index (χ1n) is 11.0. The number of pyridine rings is 1. The molecule has 1 fully saturated rings. The van der Waals surface area contributed by atoms with Crippen molar-refractivity contribution in [1.29, 1.82) is 0 Å². The number of nitrogens with zero attached hydrogens (tertiary/aromatic N) is 5. The minimum absolute atomic E-state index is 0.306. The van der Waals surface area contributed by atoms with Crippen molar-refractivity contribution in [2.75, 3.05) is 26.2 Å². The highest BCUT2D eigenvalue weighted by atomic mass is 15.3. The minimum Gasteiger partial charge on any atom is -0.296 e. The maximum atomic E-state index is 4.65. The van der Waals surface area contributed by atoms with Crippen molar-refractivity contribution in [3.8, 4) is 0 Å². The molecule has 5 heteroatoms. The Morgan fingerprint density at radius 1 is 0.871 bits per heavy atom. The molecule has 0 saturated carbocycles. The van der Waals surface area contributed by atoms with Gasteiger partial charge in [-0.1, -0.05) is 60.7 Å². The smallest absolute Gasteiger partial charge is 0.157 e. The summed E-state index contributed by atoms with van der Waals surface area (Å²) in [4.78, 5) is 9.81. The molecular formula is C26H29N5. The minimum atomic E-state index is 0.306. The van der Waals surface area contributed by atoms with Crippen LogP contribution < -0.4 is 0 Å². The van der Waals surface area contributed by atoms with Crippen molar-refractivity contribution in [3.63, 3.8) is 0 Å². The van der Waals surface area contributed by atoms with Crippen molar-refractivity contribution < 1.29 is 0 Å². The Morgan fingerprint density at radius 3 is 2.10 bits per heavy atom. The zero-order valence-corrected chi connectivity index (χ0v) is 18.3. The van der Waals surface area contributed by atoms with Crippen LogP contribution in [0.3, 0.4) is 0 Å². The van der Waals surface area contributed by atoms with Crippen LogP contribution in [0.4, 0.5) is 0 Å². The van der Waals surface area contributed by atoms with Crippen molar-refractivity contribution in [1.82, 2.24) is 24.6 Å². The average Bonchev–Trinajstić information content (AvgIpc) is 3.09. The highest BCUT2D eigenvalue weighted by Gasteiger charge is 2.26. The number of benzene rings is 2. The summed E-state index contributed by atoms with van der Waals surface area (Å²) in [5, 5.41) is 5.66. The standard InChI is InChI=1S/C26H29N5/c1-20-24-17-21(18-27-26(24)29(2)28-20)19-30-13-15-31(16-14-30)25(22-9-5-3-6-10-22)23-11-7-4-8-12-23/h3-12,17-18,25H,13-16,19H2,1-2H3. The summed E-state index contributed by atoms with van der Waals surface area (Å²) >= 11 is 0. The second kappa shape index (κ2) is 8.61. The van der Waals surface area contributed by atoms with Crippen LogP contribution in [0.2, 0.25) is 0 Å². The molecule has 1 saturated heterocycles. The quantitative estimate of drug-likeness (QED) is 0.494. The molecule has 2 aromatic carbocycles. The molecule has 1 aliphatic rings. The molecule has 0 atom stereocenters. The monoisotopic (exact) mass is 411 g/mol. The summed E-state index contributed by atoms with van der Waals surface area (Å²) in [7, 11) is 1.96. The van der Waals surface area contributed by atoms with Gasteiger partial charge in [0.1, 0.15) is 0 Å². The van der Waals surface area contributed by atoms with E-state index in [0.29, 0.717) is 6.04 Å². The van der Waals surface area contributed by atoms with E-state index in [1.165, 1.54) is 16.7 Å². The van der Waals surface area contributed by atoms with E-state index in [-0.39, 0.29) is 0 Å². The molecule has 4 aromatic rings. The second-order valence-electron chi connectivity index (χ2n) is 8.46. The van der Waals surface area contributed by atoms with Crippen molar-refractivity contribution >= 4 is 11.0 Å². The van der Waals surface area contributed by atoms with Gasteiger partial charge in [0.25, 0.3) is 0 Å². The molecule has 158 valence electrons. The molecule has 31 heavy (non-hydrogen) atoms. The van der Waals surface area contributed by atoms with Crippen LogP contribution >= 0.6 is 0 Å². The lowest BCUT2D eigenvalue weighted by Crippen LogP contribution is -2.47. The van der Waals surface area contributed by atoms with Crippen LogP contribution in [-0.2, 0) is 13.6 Å². The lowest BCUT2D eigenvalue weighted by atomic mass is 9.96. The van der Waals surface area contributed by atoms with Gasteiger partial charge in [-0.3, -0.25) is 14.5 Å². The molecular weight excluding hydrogens is 382 g/mol. The largest absolute Gasteiger partial charge is 0.296 e. The van der Waals surface area contributed by atoms with Gasteiger partial charge in [-0.2, -0.15) is 5.10 Å². The van der Waals surface area contributed by atoms with Crippen LogP contribution in [0.1, 0.15) is 28.4 Å². The molecule has 0 unspecified atom stereocenters. The normalized spacial score (nSPS) is 15.7. The number of rotatable bonds is 5. The van der Waals surface area contributed by atoms with E-state index in [1.54, 1.807) is 0 Å². The maximum absolute atomic E-state index is 4.65. The van der Waals surface area contributed by atoms with Gasteiger partial charge < -0.3 is 0 Å². The fourth-order valence-electron chi connectivity index (χ4n) is 4.76. The first-order chi connectivity index (χ1) is 15.2. The van der Waals surface area contributed by atoms with Crippen molar-refractivity contribution in [3.05, 3.63) is 95.3 Å². The molecule has 3 heterocycles. The summed E-state index contributed by atoms with van der Waals surface area (Å²) in [6, 6.07) is 24.3. The SMILES string of the molecule is Cc1nn(C)c2ncc(CN3CCN(C(c4ccccc4)c4ccccc4)CC3)cc12. The number of piperazine rings is 1. The van der Waals surface area contributed by atoms with Crippen LogP contribution in [-0.4, -0.2) is 50.7 Å². The fourth-order valence-corrected chi connectivity index (χ4v) is 4.76. The molecule has 5 rings (SSSR count). The zero-order chi connectivity index (χ0) is 21.2. The molecule has 0 aliphatic carbocycles. The van der Waals surface area contributed by atoms with Crippen LogP contribution in [0, 0.1) is 6.92 Å². The topological polar surface area (TPSA) is 37.2 Å². The Kier molecular flexibility index (Phi) is 5.53. The molecule has 0 bridgehead atoms. The van der Waals surface area contributed by atoms with Crippen LogP contribution in [0.25, 0.3) is 11.0 Å². The predicted molar refractivity (Wildman–Crippen MR) is 125 cm³/mol. The van der Waals surface area contributed by atoms with Crippen LogP contribution in [0.5, 0.6) is 0 Å². The molecule has 2 aromatic heterocycles. The maximum Gasteiger partial charge on any atom is 0.157 e. The third-order valence-electron chi connectivity index (χ3n) is 6.33. The summed E-state index contributed by atoms with van der Waals surface area (Å²) < 4.78 is 1.86. The van der Waals surface area contributed by atoms with Gasteiger partial charge >= 0.3 is 0 Å². The van der Waals surface area contributed by atoms with Gasteiger partial charge in [0.05, 0.1) is 11.7 Å². The Morgan fingerprint density at radius 2 is 1.48 bits per heavy atom. The summed E-state index contributed by atoms with van der Waals surface area (Å²) in [6.07, 6.45) is 2.01. The third-order valence-corrected chi connectivity index (χ3v) is 6.33. The fraction of sp³-hybridized carbons (Fsp3) is 0.308. The van der Waals surface area contributed by atoms with Gasteiger partial charge in [-0.05, 0) is 29.7 Å². The molecule has 5 nitrogen and oxygen atoms in total. The van der Waals surface area contributed by atoms with E-state index in [1.807, 2.05) is 17.9 Å². The number of fused-ring (bicyclic) bond motifs is 1. The molecule has 1 aliphatic heterocycles. The Hall–Kier alpha value is -3.02. The predicted octanol–water partition coefficient (Wildman–Crippen LogP) is 4.18. The summed E-state index contributed by atoms with van der Waals surface area (Å²) in [5.41, 5.74) is 6.00. The highest BCUT2D eigenvalue weighted by molar-refractivity contribution is 5.78. The number of aryl methyl sites for hydroxylation is 2. The summed E-state index contributed by atoms with van der Waals surface area (Å²) in [5.74, 6) is 0. The lowest BCUT2D eigenvalue weighted by Gasteiger charge is -2.39. The Balaban J connectivity index is 1.30. The first kappa shape index (κ1) is 19.9. The van der Waals surface area contributed by atoms with Gasteiger partial charge in [0, 0.05) is 51.4 Å². The van der Waals surface area contributed by atoms with Gasteiger partial charge in [0.2, 0.25) is 0 Å². The number of hydrogen-bond acceptors (Lipinski definition) is 4. The number of hydrogen-bond donors (Lipinski definition) is 0. The summed E-state index contributed by atoms with van der Waals surface area (Å²) in [6.45, 7) is 7.21. The van der Waals surface area contributed by atoms with Gasteiger partial charge in [-0.15, -0.1) is 0 Å². The van der Waals surface area contributed by atoms with E-state index in [2.05, 4.69) is 93.5 Å².